The second kappa shape index (κ2) is 4.49. The van der Waals surface area contributed by atoms with Crippen molar-refractivity contribution >= 4 is 17.8 Å². The standard InChI is InChI=1S/C15H14ClN3O2/c16-10-3-1-9(2-4-10)11-7-12(11)19-14(20)13-8-17-5-6-18(13)15(19)21/h1-4,8,11-12,20H,5-7H2. The van der Waals surface area contributed by atoms with Gasteiger partial charge in [0.1, 0.15) is 5.69 Å². The highest BCUT2D eigenvalue weighted by Crippen LogP contribution is 2.52. The summed E-state index contributed by atoms with van der Waals surface area (Å²) in [5.41, 5.74) is 1.52. The first-order chi connectivity index (χ1) is 10.2. The molecule has 1 fully saturated rings. The number of rotatable bonds is 2. The van der Waals surface area contributed by atoms with E-state index in [1.165, 1.54) is 4.57 Å². The molecule has 2 unspecified atom stereocenters. The Kier molecular flexibility index (Phi) is 2.72. The molecule has 5 nitrogen and oxygen atoms in total. The van der Waals surface area contributed by atoms with Gasteiger partial charge < -0.3 is 5.11 Å². The molecule has 2 aliphatic rings. The quantitative estimate of drug-likeness (QED) is 0.924. The minimum Gasteiger partial charge on any atom is -0.493 e. The average molecular weight is 304 g/mol. The zero-order valence-electron chi connectivity index (χ0n) is 11.2. The molecule has 0 amide bonds. The van der Waals surface area contributed by atoms with Crippen LogP contribution in [-0.2, 0) is 6.54 Å². The van der Waals surface area contributed by atoms with Crippen molar-refractivity contribution in [2.75, 3.05) is 6.54 Å². The minimum absolute atomic E-state index is 0.0187. The van der Waals surface area contributed by atoms with Crippen molar-refractivity contribution < 1.29 is 5.11 Å². The third kappa shape index (κ3) is 1.92. The molecule has 0 bridgehead atoms. The SMILES string of the molecule is O=c1n2c(c(O)n1C1CC1c1ccc(Cl)cc1)C=NCC2. The van der Waals surface area contributed by atoms with Gasteiger partial charge >= 0.3 is 5.69 Å². The molecule has 4 rings (SSSR count). The molecule has 1 N–H and O–H groups in total. The van der Waals surface area contributed by atoms with E-state index in [-0.39, 0.29) is 23.5 Å². The minimum atomic E-state index is -0.143. The largest absolute Gasteiger partial charge is 0.493 e. The maximum atomic E-state index is 12.4. The normalized spacial score (nSPS) is 23.1. The molecule has 0 saturated heterocycles. The summed E-state index contributed by atoms with van der Waals surface area (Å²) in [7, 11) is 0. The van der Waals surface area contributed by atoms with Gasteiger partial charge in [-0.05, 0) is 24.1 Å². The monoisotopic (exact) mass is 303 g/mol. The van der Waals surface area contributed by atoms with Crippen LogP contribution in [0.15, 0.2) is 34.1 Å². The maximum Gasteiger partial charge on any atom is 0.331 e. The van der Waals surface area contributed by atoms with Crippen LogP contribution in [0.3, 0.4) is 0 Å². The molecule has 2 aromatic rings. The van der Waals surface area contributed by atoms with E-state index in [4.69, 9.17) is 11.6 Å². The fraction of sp³-hybridized carbons (Fsp3) is 0.333. The Bertz CT molecular complexity index is 788. The lowest BCUT2D eigenvalue weighted by Crippen LogP contribution is -2.27. The van der Waals surface area contributed by atoms with Gasteiger partial charge in [-0.3, -0.25) is 14.1 Å². The van der Waals surface area contributed by atoms with Crippen molar-refractivity contribution in [2.24, 2.45) is 4.99 Å². The second-order valence-corrected chi connectivity index (χ2v) is 5.95. The Hall–Kier alpha value is -2.01. The summed E-state index contributed by atoms with van der Waals surface area (Å²) < 4.78 is 3.10. The highest BCUT2D eigenvalue weighted by Gasteiger charge is 2.43. The molecule has 1 saturated carbocycles. The first-order valence-electron chi connectivity index (χ1n) is 6.96. The van der Waals surface area contributed by atoms with Gasteiger partial charge in [0.2, 0.25) is 5.88 Å². The molecule has 0 radical (unpaired) electrons. The summed E-state index contributed by atoms with van der Waals surface area (Å²) in [5, 5.41) is 11.0. The fourth-order valence-electron chi connectivity index (χ4n) is 3.05. The van der Waals surface area contributed by atoms with Crippen LogP contribution in [0.5, 0.6) is 5.88 Å². The lowest BCUT2D eigenvalue weighted by atomic mass is 10.1. The third-order valence-corrected chi connectivity index (χ3v) is 4.49. The smallest absolute Gasteiger partial charge is 0.331 e. The van der Waals surface area contributed by atoms with Crippen LogP contribution in [-0.4, -0.2) is 27.0 Å². The van der Waals surface area contributed by atoms with E-state index in [2.05, 4.69) is 4.99 Å². The highest BCUT2D eigenvalue weighted by atomic mass is 35.5. The predicted molar refractivity (Wildman–Crippen MR) is 80.7 cm³/mol. The van der Waals surface area contributed by atoms with Crippen LogP contribution in [0.4, 0.5) is 0 Å². The van der Waals surface area contributed by atoms with E-state index in [0.717, 1.165) is 12.0 Å². The van der Waals surface area contributed by atoms with Gasteiger partial charge in [-0.25, -0.2) is 4.79 Å². The number of nitrogens with zero attached hydrogens (tertiary/aromatic N) is 3. The number of benzene rings is 1. The summed E-state index contributed by atoms with van der Waals surface area (Å²) in [6.45, 7) is 1.12. The molecule has 1 aliphatic heterocycles. The summed E-state index contributed by atoms with van der Waals surface area (Å²) in [5.74, 6) is 0.289. The fourth-order valence-corrected chi connectivity index (χ4v) is 3.18. The molecule has 21 heavy (non-hydrogen) atoms. The second-order valence-electron chi connectivity index (χ2n) is 5.51. The molecule has 0 spiro atoms. The summed E-state index contributed by atoms with van der Waals surface area (Å²) in [6, 6.07) is 7.68. The number of aliphatic imine (C=N–C) groups is 1. The van der Waals surface area contributed by atoms with E-state index < -0.39 is 0 Å². The number of hydrogen-bond acceptors (Lipinski definition) is 3. The van der Waals surface area contributed by atoms with Crippen LogP contribution >= 0.6 is 11.6 Å². The Balaban J connectivity index is 1.70. The molecule has 108 valence electrons. The van der Waals surface area contributed by atoms with Crippen LogP contribution in [0.2, 0.25) is 5.02 Å². The molecule has 2 atom stereocenters. The van der Waals surface area contributed by atoms with E-state index in [1.807, 2.05) is 24.3 Å². The van der Waals surface area contributed by atoms with E-state index >= 15 is 0 Å². The van der Waals surface area contributed by atoms with Crippen LogP contribution in [0, 0.1) is 0 Å². The Morgan fingerprint density at radius 2 is 2.05 bits per heavy atom. The van der Waals surface area contributed by atoms with E-state index in [9.17, 15) is 9.90 Å². The maximum absolute atomic E-state index is 12.4. The molecule has 6 heteroatoms. The molecule has 1 aromatic carbocycles. The average Bonchev–Trinajstić information content (AvgIpc) is 3.23. The van der Waals surface area contributed by atoms with Gasteiger partial charge in [0.15, 0.2) is 0 Å². The topological polar surface area (TPSA) is 59.5 Å². The Morgan fingerprint density at radius 1 is 1.29 bits per heavy atom. The molecule has 2 heterocycles. The number of hydrogen-bond donors (Lipinski definition) is 1. The molecular formula is C15H14ClN3O2. The van der Waals surface area contributed by atoms with Gasteiger partial charge in [0.25, 0.3) is 0 Å². The zero-order chi connectivity index (χ0) is 14.6. The molecular weight excluding hydrogens is 290 g/mol. The van der Waals surface area contributed by atoms with Crippen molar-refractivity contribution in [3.8, 4) is 5.88 Å². The van der Waals surface area contributed by atoms with Gasteiger partial charge in [0, 0.05) is 23.5 Å². The van der Waals surface area contributed by atoms with Crippen molar-refractivity contribution in [1.29, 1.82) is 0 Å². The van der Waals surface area contributed by atoms with E-state index in [0.29, 0.717) is 23.8 Å². The predicted octanol–water partition coefficient (Wildman–Crippen LogP) is 2.17. The summed E-state index contributed by atoms with van der Waals surface area (Å²) in [4.78, 5) is 16.6. The number of aromatic hydroxyl groups is 1. The zero-order valence-corrected chi connectivity index (χ0v) is 12.0. The van der Waals surface area contributed by atoms with Gasteiger partial charge in [-0.2, -0.15) is 0 Å². The highest BCUT2D eigenvalue weighted by molar-refractivity contribution is 6.30. The lowest BCUT2D eigenvalue weighted by molar-refractivity contribution is 0.412. The third-order valence-electron chi connectivity index (χ3n) is 4.24. The number of aromatic nitrogens is 2. The van der Waals surface area contributed by atoms with Crippen LogP contribution in [0.1, 0.15) is 29.6 Å². The Labute approximate surface area is 126 Å². The number of imidazole rings is 1. The molecule has 1 aliphatic carbocycles. The summed E-state index contributed by atoms with van der Waals surface area (Å²) >= 11 is 5.90. The van der Waals surface area contributed by atoms with Crippen LogP contribution in [0.25, 0.3) is 0 Å². The number of halogens is 1. The van der Waals surface area contributed by atoms with Crippen LogP contribution < -0.4 is 5.69 Å². The lowest BCUT2D eigenvalue weighted by Gasteiger charge is -2.05. The van der Waals surface area contributed by atoms with Gasteiger partial charge in [0.05, 0.1) is 12.8 Å². The first kappa shape index (κ1) is 12.7. The van der Waals surface area contributed by atoms with Crippen molar-refractivity contribution in [2.45, 2.75) is 24.9 Å². The summed E-state index contributed by atoms with van der Waals surface area (Å²) in [6.07, 6.45) is 2.44. The van der Waals surface area contributed by atoms with Crippen molar-refractivity contribution in [1.82, 2.24) is 9.13 Å². The number of fused-ring (bicyclic) bond motifs is 1. The first-order valence-corrected chi connectivity index (χ1v) is 7.34. The van der Waals surface area contributed by atoms with Gasteiger partial charge in [-0.15, -0.1) is 0 Å². The molecule has 1 aromatic heterocycles. The van der Waals surface area contributed by atoms with E-state index in [1.54, 1.807) is 10.8 Å². The Morgan fingerprint density at radius 3 is 2.76 bits per heavy atom. The van der Waals surface area contributed by atoms with Crippen molar-refractivity contribution in [3.63, 3.8) is 0 Å². The van der Waals surface area contributed by atoms with Gasteiger partial charge in [-0.1, -0.05) is 23.7 Å². The van der Waals surface area contributed by atoms with Crippen molar-refractivity contribution in [3.05, 3.63) is 51.0 Å².